The number of nitrogens with zero attached hydrogens (tertiary/aromatic N) is 2. The van der Waals surface area contributed by atoms with E-state index in [1.807, 2.05) is 33.0 Å². The highest BCUT2D eigenvalue weighted by Gasteiger charge is 2.22. The Hall–Kier alpha value is -2.05. The molecule has 0 bridgehead atoms. The summed E-state index contributed by atoms with van der Waals surface area (Å²) in [4.78, 5) is 2.05. The van der Waals surface area contributed by atoms with Crippen molar-refractivity contribution in [3.05, 3.63) is 42.0 Å². The zero-order chi connectivity index (χ0) is 14.8. The molecule has 0 aliphatic carbocycles. The van der Waals surface area contributed by atoms with Gasteiger partial charge >= 0.3 is 0 Å². The summed E-state index contributed by atoms with van der Waals surface area (Å²) in [6, 6.07) is 14.7. The van der Waals surface area contributed by atoms with E-state index in [1.54, 1.807) is 7.11 Å². The van der Waals surface area contributed by atoms with Crippen LogP contribution in [-0.2, 0) is 6.54 Å². The minimum absolute atomic E-state index is 0.463. The third kappa shape index (κ3) is 2.92. The smallest absolute Gasteiger partial charge is 0.119 e. The highest BCUT2D eigenvalue weighted by molar-refractivity contribution is 5.84. The maximum atomic E-state index is 9.17. The SMILES string of the molecule is COc1ccc2cc(CN(C)C(C)(C)C#N)ccc2c1. The molecule has 3 nitrogen and oxygen atoms in total. The highest BCUT2D eigenvalue weighted by atomic mass is 16.5. The summed E-state index contributed by atoms with van der Waals surface area (Å²) in [7, 11) is 3.65. The molecule has 2 aromatic rings. The molecule has 104 valence electrons. The molecule has 0 aliphatic rings. The minimum atomic E-state index is -0.463. The molecule has 0 aliphatic heterocycles. The van der Waals surface area contributed by atoms with E-state index in [1.165, 1.54) is 10.9 Å². The molecule has 2 rings (SSSR count). The topological polar surface area (TPSA) is 36.3 Å². The fourth-order valence-corrected chi connectivity index (χ4v) is 2.06. The third-order valence-electron chi connectivity index (χ3n) is 3.76. The zero-order valence-corrected chi connectivity index (χ0v) is 12.5. The van der Waals surface area contributed by atoms with Gasteiger partial charge in [0.1, 0.15) is 11.3 Å². The molecule has 0 atom stereocenters. The number of hydrogen-bond acceptors (Lipinski definition) is 3. The second kappa shape index (κ2) is 5.52. The van der Waals surface area contributed by atoms with Crippen molar-refractivity contribution in [2.75, 3.05) is 14.2 Å². The van der Waals surface area contributed by atoms with Crippen LogP contribution in [0.4, 0.5) is 0 Å². The summed E-state index contributed by atoms with van der Waals surface area (Å²) < 4.78 is 5.23. The molecule has 0 aromatic heterocycles. The fourth-order valence-electron chi connectivity index (χ4n) is 2.06. The number of nitriles is 1. The Bertz CT molecular complexity index is 656. The molecule has 0 saturated heterocycles. The molecule has 0 spiro atoms. The van der Waals surface area contributed by atoms with Crippen molar-refractivity contribution < 1.29 is 4.74 Å². The van der Waals surface area contributed by atoms with Gasteiger partial charge in [-0.15, -0.1) is 0 Å². The molecule has 0 saturated carbocycles. The predicted molar refractivity (Wildman–Crippen MR) is 81.7 cm³/mol. The van der Waals surface area contributed by atoms with Gasteiger partial charge in [0.15, 0.2) is 0 Å². The number of ether oxygens (including phenoxy) is 1. The van der Waals surface area contributed by atoms with Crippen LogP contribution in [0.25, 0.3) is 10.8 Å². The second-order valence-corrected chi connectivity index (χ2v) is 5.57. The van der Waals surface area contributed by atoms with Gasteiger partial charge in [0.25, 0.3) is 0 Å². The Morgan fingerprint density at radius 3 is 2.45 bits per heavy atom. The van der Waals surface area contributed by atoms with Crippen molar-refractivity contribution in [2.24, 2.45) is 0 Å². The first-order chi connectivity index (χ1) is 9.46. The van der Waals surface area contributed by atoms with Crippen LogP contribution in [0.3, 0.4) is 0 Å². The minimum Gasteiger partial charge on any atom is -0.497 e. The third-order valence-corrected chi connectivity index (χ3v) is 3.76. The van der Waals surface area contributed by atoms with Crippen LogP contribution < -0.4 is 4.74 Å². The quantitative estimate of drug-likeness (QED) is 0.850. The van der Waals surface area contributed by atoms with Gasteiger partial charge in [0, 0.05) is 6.54 Å². The van der Waals surface area contributed by atoms with E-state index in [4.69, 9.17) is 10.00 Å². The average Bonchev–Trinajstić information content (AvgIpc) is 2.46. The van der Waals surface area contributed by atoms with Gasteiger partial charge in [-0.3, -0.25) is 4.90 Å². The molecule has 0 amide bonds. The van der Waals surface area contributed by atoms with E-state index in [2.05, 4.69) is 35.2 Å². The number of benzene rings is 2. The summed E-state index contributed by atoms with van der Waals surface area (Å²) >= 11 is 0. The molecule has 0 fully saturated rings. The summed E-state index contributed by atoms with van der Waals surface area (Å²) in [5, 5.41) is 11.5. The van der Waals surface area contributed by atoms with Crippen LogP contribution in [0.15, 0.2) is 36.4 Å². The van der Waals surface area contributed by atoms with Gasteiger partial charge in [0.2, 0.25) is 0 Å². The van der Waals surface area contributed by atoms with Crippen molar-refractivity contribution >= 4 is 10.8 Å². The lowest BCUT2D eigenvalue weighted by atomic mass is 10.0. The van der Waals surface area contributed by atoms with Crippen LogP contribution in [-0.4, -0.2) is 24.6 Å². The monoisotopic (exact) mass is 268 g/mol. The maximum Gasteiger partial charge on any atom is 0.119 e. The Kier molecular flexibility index (Phi) is 3.96. The van der Waals surface area contributed by atoms with Crippen LogP contribution in [0.1, 0.15) is 19.4 Å². The Labute approximate surface area is 120 Å². The van der Waals surface area contributed by atoms with Crippen LogP contribution >= 0.6 is 0 Å². The Morgan fingerprint density at radius 2 is 1.80 bits per heavy atom. The largest absolute Gasteiger partial charge is 0.497 e. The number of fused-ring (bicyclic) bond motifs is 1. The van der Waals surface area contributed by atoms with Crippen molar-refractivity contribution in [2.45, 2.75) is 25.9 Å². The van der Waals surface area contributed by atoms with Gasteiger partial charge in [-0.25, -0.2) is 0 Å². The van der Waals surface area contributed by atoms with E-state index in [0.29, 0.717) is 0 Å². The number of methoxy groups -OCH3 is 1. The van der Waals surface area contributed by atoms with Gasteiger partial charge in [-0.1, -0.05) is 18.2 Å². The van der Waals surface area contributed by atoms with Gasteiger partial charge in [0.05, 0.1) is 13.2 Å². The lowest BCUT2D eigenvalue weighted by Crippen LogP contribution is -2.38. The fraction of sp³-hybridized carbons (Fsp3) is 0.353. The Balaban J connectivity index is 2.27. The van der Waals surface area contributed by atoms with E-state index < -0.39 is 5.54 Å². The zero-order valence-electron chi connectivity index (χ0n) is 12.5. The maximum absolute atomic E-state index is 9.17. The summed E-state index contributed by atoms with van der Waals surface area (Å²) in [5.74, 6) is 0.869. The van der Waals surface area contributed by atoms with E-state index in [-0.39, 0.29) is 0 Å². The van der Waals surface area contributed by atoms with E-state index >= 15 is 0 Å². The Morgan fingerprint density at radius 1 is 1.15 bits per heavy atom. The molecular formula is C17H20N2O. The molecule has 20 heavy (non-hydrogen) atoms. The van der Waals surface area contributed by atoms with Crippen molar-refractivity contribution in [3.8, 4) is 11.8 Å². The molecule has 2 aromatic carbocycles. The molecular weight excluding hydrogens is 248 g/mol. The van der Waals surface area contributed by atoms with Gasteiger partial charge < -0.3 is 4.74 Å². The summed E-state index contributed by atoms with van der Waals surface area (Å²) in [6.45, 7) is 4.61. The first-order valence-corrected chi connectivity index (χ1v) is 6.65. The van der Waals surface area contributed by atoms with Crippen molar-refractivity contribution in [1.29, 1.82) is 5.26 Å². The second-order valence-electron chi connectivity index (χ2n) is 5.57. The first kappa shape index (κ1) is 14.4. The van der Waals surface area contributed by atoms with Crippen LogP contribution in [0.5, 0.6) is 5.75 Å². The van der Waals surface area contributed by atoms with Crippen molar-refractivity contribution in [3.63, 3.8) is 0 Å². The summed E-state index contributed by atoms with van der Waals surface area (Å²) in [6.07, 6.45) is 0. The van der Waals surface area contributed by atoms with Gasteiger partial charge in [-0.05, 0) is 55.4 Å². The van der Waals surface area contributed by atoms with E-state index in [0.717, 1.165) is 17.7 Å². The van der Waals surface area contributed by atoms with Gasteiger partial charge in [-0.2, -0.15) is 5.26 Å². The predicted octanol–water partition coefficient (Wildman–Crippen LogP) is 3.58. The standard InChI is InChI=1S/C17H20N2O/c1-17(2,12-18)19(3)11-13-5-6-15-10-16(20-4)8-7-14(15)9-13/h5-10H,11H2,1-4H3. The molecule has 0 N–H and O–H groups in total. The number of rotatable bonds is 4. The molecule has 0 heterocycles. The van der Waals surface area contributed by atoms with Crippen LogP contribution in [0.2, 0.25) is 0 Å². The molecule has 0 radical (unpaired) electrons. The summed E-state index contributed by atoms with van der Waals surface area (Å²) in [5.41, 5.74) is 0.739. The van der Waals surface area contributed by atoms with Crippen LogP contribution in [0, 0.1) is 11.3 Å². The highest BCUT2D eigenvalue weighted by Crippen LogP contribution is 2.23. The van der Waals surface area contributed by atoms with E-state index in [9.17, 15) is 0 Å². The molecule has 0 unspecified atom stereocenters. The normalized spacial score (nSPS) is 11.6. The molecule has 3 heteroatoms. The van der Waals surface area contributed by atoms with Crippen molar-refractivity contribution in [1.82, 2.24) is 4.90 Å². The lowest BCUT2D eigenvalue weighted by molar-refractivity contribution is 0.203. The first-order valence-electron chi connectivity index (χ1n) is 6.65. The lowest BCUT2D eigenvalue weighted by Gasteiger charge is -2.29. The average molecular weight is 268 g/mol. The number of hydrogen-bond donors (Lipinski definition) is 0.